The highest BCUT2D eigenvalue weighted by molar-refractivity contribution is 5.75. The third-order valence-corrected chi connectivity index (χ3v) is 2.67. The summed E-state index contributed by atoms with van der Waals surface area (Å²) in [6, 6.07) is 3.99. The van der Waals surface area contributed by atoms with Crippen molar-refractivity contribution in [2.75, 3.05) is 0 Å². The molecule has 0 spiro atoms. The van der Waals surface area contributed by atoms with Gasteiger partial charge in [0.15, 0.2) is 17.4 Å². The summed E-state index contributed by atoms with van der Waals surface area (Å²) in [7, 11) is 0. The van der Waals surface area contributed by atoms with Crippen LogP contribution in [0.5, 0.6) is 0 Å². The van der Waals surface area contributed by atoms with Gasteiger partial charge in [-0.1, -0.05) is 5.16 Å². The van der Waals surface area contributed by atoms with Crippen molar-refractivity contribution in [2.45, 2.75) is 13.5 Å². The molecule has 0 aliphatic rings. The maximum absolute atomic E-state index is 13.2. The average molecular weight is 249 g/mol. The molecule has 0 unspecified atom stereocenters. The van der Waals surface area contributed by atoms with Crippen LogP contribution in [0.25, 0.3) is 11.0 Å². The summed E-state index contributed by atoms with van der Waals surface area (Å²) in [5.74, 6) is -1.15. The summed E-state index contributed by atoms with van der Waals surface area (Å²) >= 11 is 0. The lowest BCUT2D eigenvalue weighted by atomic mass is 10.3. The molecule has 0 bridgehead atoms. The first-order valence-corrected chi connectivity index (χ1v) is 5.35. The van der Waals surface area contributed by atoms with Crippen molar-refractivity contribution in [3.8, 4) is 0 Å². The van der Waals surface area contributed by atoms with E-state index in [1.807, 2.05) is 6.92 Å². The lowest BCUT2D eigenvalue weighted by Gasteiger charge is -2.01. The Morgan fingerprint density at radius 2 is 2.00 bits per heavy atom. The minimum Gasteiger partial charge on any atom is -0.359 e. The highest BCUT2D eigenvalue weighted by Gasteiger charge is 2.10. The molecule has 2 heterocycles. The fraction of sp³-hybridized carbons (Fsp3) is 0.167. The smallest absolute Gasteiger partial charge is 0.161 e. The predicted molar refractivity (Wildman–Crippen MR) is 60.0 cm³/mol. The van der Waals surface area contributed by atoms with Crippen LogP contribution in [0, 0.1) is 18.6 Å². The maximum atomic E-state index is 13.2. The van der Waals surface area contributed by atoms with Gasteiger partial charge in [-0.15, -0.1) is 0 Å². The van der Waals surface area contributed by atoms with E-state index in [-0.39, 0.29) is 0 Å². The van der Waals surface area contributed by atoms with Crippen LogP contribution in [-0.4, -0.2) is 14.7 Å². The zero-order chi connectivity index (χ0) is 12.7. The number of aryl methyl sites for hydroxylation is 1. The van der Waals surface area contributed by atoms with E-state index < -0.39 is 11.6 Å². The highest BCUT2D eigenvalue weighted by atomic mass is 19.2. The van der Waals surface area contributed by atoms with Crippen molar-refractivity contribution in [3.63, 3.8) is 0 Å². The highest BCUT2D eigenvalue weighted by Crippen LogP contribution is 2.18. The van der Waals surface area contributed by atoms with Crippen LogP contribution in [0.2, 0.25) is 0 Å². The molecule has 0 aliphatic heterocycles. The first-order chi connectivity index (χ1) is 8.63. The van der Waals surface area contributed by atoms with Crippen molar-refractivity contribution in [3.05, 3.63) is 47.6 Å². The van der Waals surface area contributed by atoms with Crippen LogP contribution in [0.15, 0.2) is 29.0 Å². The van der Waals surface area contributed by atoms with Gasteiger partial charge in [-0.3, -0.25) is 0 Å². The number of hydrogen-bond acceptors (Lipinski definition) is 3. The number of nitrogens with zero attached hydrogens (tertiary/aromatic N) is 3. The summed E-state index contributed by atoms with van der Waals surface area (Å²) in [5.41, 5.74) is 1.69. The molecule has 3 rings (SSSR count). The molecule has 2 aromatic heterocycles. The molecule has 92 valence electrons. The molecule has 0 fully saturated rings. The van der Waals surface area contributed by atoms with Gasteiger partial charge in [0, 0.05) is 18.2 Å². The first kappa shape index (κ1) is 10.9. The number of hydrogen-bond donors (Lipinski definition) is 0. The van der Waals surface area contributed by atoms with E-state index in [9.17, 15) is 8.78 Å². The van der Waals surface area contributed by atoms with Crippen molar-refractivity contribution < 1.29 is 13.3 Å². The number of fused-ring (bicyclic) bond motifs is 1. The third kappa shape index (κ3) is 1.75. The molecule has 4 nitrogen and oxygen atoms in total. The second kappa shape index (κ2) is 3.90. The minimum absolute atomic E-state index is 0.377. The fourth-order valence-electron chi connectivity index (χ4n) is 1.84. The van der Waals surface area contributed by atoms with Crippen LogP contribution in [-0.2, 0) is 6.54 Å². The molecule has 0 radical (unpaired) electrons. The summed E-state index contributed by atoms with van der Waals surface area (Å²) in [5, 5.41) is 3.77. The Morgan fingerprint density at radius 1 is 1.22 bits per heavy atom. The van der Waals surface area contributed by atoms with Crippen LogP contribution >= 0.6 is 0 Å². The molecule has 0 N–H and O–H groups in total. The molecule has 0 amide bonds. The van der Waals surface area contributed by atoms with Crippen molar-refractivity contribution in [1.82, 2.24) is 14.7 Å². The predicted octanol–water partition coefficient (Wildman–Crippen LogP) is 2.66. The summed E-state index contributed by atoms with van der Waals surface area (Å²) < 4.78 is 33.0. The van der Waals surface area contributed by atoms with Gasteiger partial charge in [-0.05, 0) is 6.92 Å². The third-order valence-electron chi connectivity index (χ3n) is 2.67. The minimum atomic E-state index is -0.900. The van der Waals surface area contributed by atoms with Gasteiger partial charge in [0.05, 0.1) is 29.6 Å². The van der Waals surface area contributed by atoms with E-state index in [1.165, 1.54) is 6.33 Å². The van der Waals surface area contributed by atoms with Crippen LogP contribution in [0.1, 0.15) is 11.5 Å². The van der Waals surface area contributed by atoms with Gasteiger partial charge >= 0.3 is 0 Å². The molecular weight excluding hydrogens is 240 g/mol. The average Bonchev–Trinajstić information content (AvgIpc) is 2.89. The number of benzene rings is 1. The lowest BCUT2D eigenvalue weighted by molar-refractivity contribution is 0.374. The van der Waals surface area contributed by atoms with Gasteiger partial charge in [-0.25, -0.2) is 13.8 Å². The first-order valence-electron chi connectivity index (χ1n) is 5.35. The van der Waals surface area contributed by atoms with E-state index in [1.54, 1.807) is 10.6 Å². The fourth-order valence-corrected chi connectivity index (χ4v) is 1.84. The Balaban J connectivity index is 2.04. The number of rotatable bonds is 2. The normalized spacial score (nSPS) is 11.3. The van der Waals surface area contributed by atoms with Crippen LogP contribution in [0.3, 0.4) is 0 Å². The van der Waals surface area contributed by atoms with Crippen molar-refractivity contribution >= 4 is 11.0 Å². The van der Waals surface area contributed by atoms with Gasteiger partial charge in [0.25, 0.3) is 0 Å². The van der Waals surface area contributed by atoms with Crippen LogP contribution < -0.4 is 0 Å². The zero-order valence-corrected chi connectivity index (χ0v) is 9.52. The molecule has 18 heavy (non-hydrogen) atoms. The standard InChI is InChI=1S/C12H9F2N3O/c1-7-2-8(18-16-7)5-17-6-15-11-3-9(13)10(14)4-12(11)17/h2-4,6H,5H2,1H3. The summed E-state index contributed by atoms with van der Waals surface area (Å²) in [6.45, 7) is 2.19. The van der Waals surface area contributed by atoms with Crippen LogP contribution in [0.4, 0.5) is 8.78 Å². The number of halogens is 2. The van der Waals surface area contributed by atoms with E-state index in [0.717, 1.165) is 17.8 Å². The molecule has 1 aromatic carbocycles. The molecule has 0 saturated carbocycles. The lowest BCUT2D eigenvalue weighted by Crippen LogP contribution is -1.97. The van der Waals surface area contributed by atoms with Gasteiger partial charge in [-0.2, -0.15) is 0 Å². The largest absolute Gasteiger partial charge is 0.359 e. The number of imidazole rings is 1. The molecule has 0 atom stereocenters. The Bertz CT molecular complexity index is 717. The Morgan fingerprint density at radius 3 is 2.72 bits per heavy atom. The van der Waals surface area contributed by atoms with Gasteiger partial charge < -0.3 is 9.09 Å². The summed E-state index contributed by atoms with van der Waals surface area (Å²) in [6.07, 6.45) is 1.52. The molecular formula is C12H9F2N3O. The maximum Gasteiger partial charge on any atom is 0.161 e. The second-order valence-electron chi connectivity index (χ2n) is 4.06. The van der Waals surface area contributed by atoms with Gasteiger partial charge in [0.1, 0.15) is 0 Å². The molecule has 6 heteroatoms. The molecule has 3 aromatic rings. The Kier molecular flexibility index (Phi) is 2.36. The Labute approximate surface area is 101 Å². The number of aromatic nitrogens is 3. The molecule has 0 aliphatic carbocycles. The van der Waals surface area contributed by atoms with E-state index in [4.69, 9.17) is 4.52 Å². The molecule has 0 saturated heterocycles. The quantitative estimate of drug-likeness (QED) is 0.701. The SMILES string of the molecule is Cc1cc(Cn2cnc3cc(F)c(F)cc32)on1. The second-order valence-corrected chi connectivity index (χ2v) is 4.06. The van der Waals surface area contributed by atoms with Crippen molar-refractivity contribution in [2.24, 2.45) is 0 Å². The van der Waals surface area contributed by atoms with E-state index in [0.29, 0.717) is 23.3 Å². The monoisotopic (exact) mass is 249 g/mol. The summed E-state index contributed by atoms with van der Waals surface area (Å²) in [4.78, 5) is 4.02. The van der Waals surface area contributed by atoms with Gasteiger partial charge in [0.2, 0.25) is 0 Å². The Hall–Kier alpha value is -2.24. The van der Waals surface area contributed by atoms with E-state index >= 15 is 0 Å². The van der Waals surface area contributed by atoms with Crippen molar-refractivity contribution in [1.29, 1.82) is 0 Å². The zero-order valence-electron chi connectivity index (χ0n) is 9.52. The topological polar surface area (TPSA) is 43.9 Å². The van der Waals surface area contributed by atoms with E-state index in [2.05, 4.69) is 10.1 Å².